The Hall–Kier alpha value is -4.32. The zero-order chi connectivity index (χ0) is 32.1. The highest BCUT2D eigenvalue weighted by Crippen LogP contribution is 2.51. The molecule has 0 radical (unpaired) electrons. The van der Waals surface area contributed by atoms with Crippen molar-refractivity contribution in [3.63, 3.8) is 0 Å². The smallest absolute Gasteiger partial charge is 0.289 e. The first-order chi connectivity index (χ1) is 20.7. The predicted molar refractivity (Wildman–Crippen MR) is 172 cm³/mol. The number of hydrogen-bond acceptors (Lipinski definition) is 7. The van der Waals surface area contributed by atoms with Crippen LogP contribution in [0.4, 0.5) is 11.4 Å². The maximum atomic E-state index is 14.0. The summed E-state index contributed by atoms with van der Waals surface area (Å²) in [5.74, 6) is 0.0176. The maximum Gasteiger partial charge on any atom is 0.289 e. The van der Waals surface area contributed by atoms with E-state index < -0.39 is 16.3 Å². The second kappa shape index (κ2) is 11.6. The molecule has 1 atom stereocenters. The Morgan fingerprint density at radius 3 is 2.45 bits per heavy atom. The zero-order valence-corrected chi connectivity index (χ0v) is 26.6. The molecule has 0 fully saturated rings. The van der Waals surface area contributed by atoms with E-state index in [0.29, 0.717) is 34.2 Å². The van der Waals surface area contributed by atoms with Gasteiger partial charge in [-0.3, -0.25) is 19.8 Å². The number of nitrogens with zero attached hydrogens (tertiary/aromatic N) is 3. The molecular weight excluding hydrogens is 599 g/mol. The number of allylic oxidation sites excluding steroid dienone is 3. The first kappa shape index (κ1) is 31.1. The predicted octanol–water partition coefficient (Wildman–Crippen LogP) is 8.35. The molecule has 1 aliphatic heterocycles. The third kappa shape index (κ3) is 5.66. The number of nitrogens with two attached hydrogens (primary N) is 1. The number of carbonyl (C=O) groups excluding carboxylic acids is 1. The van der Waals surface area contributed by atoms with Crippen molar-refractivity contribution < 1.29 is 14.5 Å². The van der Waals surface area contributed by atoms with Crippen LogP contribution < -0.4 is 15.4 Å². The first-order valence-corrected chi connectivity index (χ1v) is 14.9. The van der Waals surface area contributed by atoms with Gasteiger partial charge in [0.1, 0.15) is 23.2 Å². The minimum Gasteiger partial charge on any atom is -0.489 e. The molecule has 0 saturated heterocycles. The molecular formula is C34H32Cl2N4O4. The summed E-state index contributed by atoms with van der Waals surface area (Å²) in [5.41, 5.74) is 12.2. The summed E-state index contributed by atoms with van der Waals surface area (Å²) in [6.07, 6.45) is 0.753. The number of aryl methyl sites for hydroxylation is 3. The van der Waals surface area contributed by atoms with Crippen molar-refractivity contribution in [2.45, 2.75) is 60.0 Å². The largest absolute Gasteiger partial charge is 0.489 e. The average Bonchev–Trinajstić information content (AvgIpc) is 2.93. The topological polar surface area (TPSA) is 122 Å². The molecule has 8 nitrogen and oxygen atoms in total. The van der Waals surface area contributed by atoms with Gasteiger partial charge in [-0.1, -0.05) is 49.2 Å². The summed E-state index contributed by atoms with van der Waals surface area (Å²) in [6, 6.07) is 16.1. The summed E-state index contributed by atoms with van der Waals surface area (Å²) in [6.45, 7) is 10.1. The highest BCUT2D eigenvalue weighted by atomic mass is 35.5. The van der Waals surface area contributed by atoms with Gasteiger partial charge in [0, 0.05) is 28.8 Å². The number of nitro benzene ring substituents is 1. The summed E-state index contributed by atoms with van der Waals surface area (Å²) in [5, 5.41) is 22.9. The molecule has 5 rings (SSSR count). The van der Waals surface area contributed by atoms with E-state index in [0.717, 1.165) is 27.8 Å². The van der Waals surface area contributed by atoms with Crippen molar-refractivity contribution in [3.05, 3.63) is 119 Å². The van der Waals surface area contributed by atoms with Gasteiger partial charge in [0.2, 0.25) is 0 Å². The zero-order valence-electron chi connectivity index (χ0n) is 25.1. The Bertz CT molecular complexity index is 1840. The normalized spacial score (nSPS) is 17.8. The number of ketones is 1. The number of Topliss-reactive ketones (excluding diaryl/α,β-unsaturated/α-hetero) is 1. The molecule has 0 bridgehead atoms. The number of nitriles is 1. The van der Waals surface area contributed by atoms with Crippen LogP contribution >= 0.6 is 23.2 Å². The quantitative estimate of drug-likeness (QED) is 0.214. The Kier molecular flexibility index (Phi) is 8.23. The van der Waals surface area contributed by atoms with Crippen LogP contribution in [-0.4, -0.2) is 10.7 Å². The van der Waals surface area contributed by atoms with Gasteiger partial charge < -0.3 is 10.5 Å². The minimum absolute atomic E-state index is 0.0234. The second-order valence-electron chi connectivity index (χ2n) is 12.2. The highest BCUT2D eigenvalue weighted by molar-refractivity contribution is 6.32. The van der Waals surface area contributed by atoms with Gasteiger partial charge >= 0.3 is 0 Å². The molecule has 0 saturated carbocycles. The average molecular weight is 632 g/mol. The van der Waals surface area contributed by atoms with Crippen LogP contribution in [0.1, 0.15) is 60.4 Å². The number of benzene rings is 3. The lowest BCUT2D eigenvalue weighted by atomic mass is 9.68. The third-order valence-electron chi connectivity index (χ3n) is 8.32. The number of anilines is 1. The van der Waals surface area contributed by atoms with Gasteiger partial charge in [-0.05, 0) is 90.8 Å². The Labute approximate surface area is 266 Å². The van der Waals surface area contributed by atoms with Gasteiger partial charge in [-0.15, -0.1) is 0 Å². The summed E-state index contributed by atoms with van der Waals surface area (Å²) in [7, 11) is 0. The standard InChI is InChI=1S/C34H32Cl2N4O4/c1-18-10-19(2)24(12-21(18)17-44-30-9-6-22(35)11-20(30)3)31-25(16-37)33(38)39(23-7-8-26(36)27(13-23)40(42)43)28-14-34(4,5)15-29(41)32(28)31/h6-13,31H,14-15,17,38H2,1-5H3. The fourth-order valence-corrected chi connectivity index (χ4v) is 6.62. The summed E-state index contributed by atoms with van der Waals surface area (Å²) in [4.78, 5) is 26.8. The van der Waals surface area contributed by atoms with Crippen LogP contribution in [0.3, 0.4) is 0 Å². The highest BCUT2D eigenvalue weighted by Gasteiger charge is 2.45. The number of rotatable bonds is 6. The fraction of sp³-hybridized carbons (Fsp3) is 0.294. The number of ether oxygens (including phenoxy) is 1. The molecule has 44 heavy (non-hydrogen) atoms. The Morgan fingerprint density at radius 1 is 1.07 bits per heavy atom. The summed E-state index contributed by atoms with van der Waals surface area (Å²) >= 11 is 12.2. The number of nitro groups is 1. The van der Waals surface area contributed by atoms with E-state index in [4.69, 9.17) is 33.7 Å². The SMILES string of the molecule is Cc1cc(C)c(C2C(C#N)=C(N)N(c3ccc(Cl)c([N+](=O)[O-])c3)C3=C2C(=O)CC(C)(C)C3)cc1COc1ccc(Cl)cc1C. The van der Waals surface area contributed by atoms with Crippen LogP contribution in [0.15, 0.2) is 71.2 Å². The molecule has 3 aromatic rings. The van der Waals surface area contributed by atoms with Crippen molar-refractivity contribution >= 4 is 40.4 Å². The molecule has 1 heterocycles. The molecule has 0 amide bonds. The molecule has 2 aliphatic rings. The molecule has 1 unspecified atom stereocenters. The van der Waals surface area contributed by atoms with Crippen LogP contribution in [-0.2, 0) is 11.4 Å². The second-order valence-corrected chi connectivity index (χ2v) is 13.1. The van der Waals surface area contributed by atoms with Gasteiger partial charge in [0.05, 0.1) is 28.2 Å². The number of carbonyl (C=O) groups is 1. The molecule has 3 aromatic carbocycles. The fourth-order valence-electron chi connectivity index (χ4n) is 6.21. The molecule has 1 aliphatic carbocycles. The molecule has 10 heteroatoms. The van der Waals surface area contributed by atoms with Gasteiger partial charge in [0.25, 0.3) is 5.69 Å². The van der Waals surface area contributed by atoms with Crippen molar-refractivity contribution in [2.24, 2.45) is 11.1 Å². The van der Waals surface area contributed by atoms with Crippen LogP contribution in [0.5, 0.6) is 5.75 Å². The maximum absolute atomic E-state index is 14.0. The molecule has 0 aromatic heterocycles. The van der Waals surface area contributed by atoms with E-state index in [1.807, 2.05) is 58.9 Å². The Morgan fingerprint density at radius 2 is 1.80 bits per heavy atom. The lowest BCUT2D eigenvalue weighted by molar-refractivity contribution is -0.384. The van der Waals surface area contributed by atoms with Crippen LogP contribution in [0.2, 0.25) is 10.0 Å². The van der Waals surface area contributed by atoms with E-state index in [2.05, 4.69) is 6.07 Å². The summed E-state index contributed by atoms with van der Waals surface area (Å²) < 4.78 is 6.17. The van der Waals surface area contributed by atoms with Gasteiger partial charge in [-0.2, -0.15) is 5.26 Å². The van der Waals surface area contributed by atoms with Crippen molar-refractivity contribution in [3.8, 4) is 11.8 Å². The first-order valence-electron chi connectivity index (χ1n) is 14.1. The molecule has 0 spiro atoms. The van der Waals surface area contributed by atoms with Crippen molar-refractivity contribution in [2.75, 3.05) is 4.90 Å². The van der Waals surface area contributed by atoms with Crippen molar-refractivity contribution in [1.82, 2.24) is 0 Å². The molecule has 2 N–H and O–H groups in total. The lowest BCUT2D eigenvalue weighted by Crippen LogP contribution is -2.42. The molecule has 226 valence electrons. The number of hydrogen-bond donors (Lipinski definition) is 1. The Balaban J connectivity index is 1.68. The third-order valence-corrected chi connectivity index (χ3v) is 8.88. The van der Waals surface area contributed by atoms with E-state index >= 15 is 0 Å². The number of halogens is 2. The van der Waals surface area contributed by atoms with Crippen LogP contribution in [0, 0.1) is 47.6 Å². The minimum atomic E-state index is -0.714. The van der Waals surface area contributed by atoms with E-state index in [9.17, 15) is 20.2 Å². The monoisotopic (exact) mass is 630 g/mol. The van der Waals surface area contributed by atoms with Crippen molar-refractivity contribution in [1.29, 1.82) is 5.26 Å². The lowest BCUT2D eigenvalue weighted by Gasteiger charge is -2.44. The van der Waals surface area contributed by atoms with E-state index in [1.165, 1.54) is 12.1 Å². The van der Waals surface area contributed by atoms with Gasteiger partial charge in [0.15, 0.2) is 5.78 Å². The van der Waals surface area contributed by atoms with Crippen LogP contribution in [0.25, 0.3) is 0 Å². The van der Waals surface area contributed by atoms with Gasteiger partial charge in [-0.25, -0.2) is 0 Å². The van der Waals surface area contributed by atoms with E-state index in [-0.39, 0.29) is 40.9 Å². The van der Waals surface area contributed by atoms with E-state index in [1.54, 1.807) is 17.0 Å².